The number of anilines is 1. The van der Waals surface area contributed by atoms with E-state index in [4.69, 9.17) is 5.73 Å². The summed E-state index contributed by atoms with van der Waals surface area (Å²) in [6.07, 6.45) is 0. The number of carbonyl (C=O) groups is 1. The third kappa shape index (κ3) is 2.95. The SMILES string of the molecule is Nc1ccc(CNC(=O)c2c(O)cccc2O)cc1. The van der Waals surface area contributed by atoms with E-state index < -0.39 is 5.91 Å². The third-order valence-electron chi connectivity index (χ3n) is 2.68. The van der Waals surface area contributed by atoms with Crippen molar-refractivity contribution in [1.82, 2.24) is 5.32 Å². The summed E-state index contributed by atoms with van der Waals surface area (Å²) in [5.74, 6) is -1.04. The van der Waals surface area contributed by atoms with Crippen LogP contribution >= 0.6 is 0 Å². The van der Waals surface area contributed by atoms with Gasteiger partial charge in [-0.3, -0.25) is 4.79 Å². The Morgan fingerprint density at radius 1 is 1.05 bits per heavy atom. The number of rotatable bonds is 3. The van der Waals surface area contributed by atoms with Crippen LogP contribution in [0.1, 0.15) is 15.9 Å². The number of hydrogen-bond donors (Lipinski definition) is 4. The number of nitrogens with one attached hydrogen (secondary N) is 1. The van der Waals surface area contributed by atoms with Gasteiger partial charge in [-0.2, -0.15) is 0 Å². The second-order valence-corrected chi connectivity index (χ2v) is 4.10. The van der Waals surface area contributed by atoms with E-state index in [1.54, 1.807) is 24.3 Å². The van der Waals surface area contributed by atoms with Crippen LogP contribution in [0.15, 0.2) is 42.5 Å². The molecule has 5 heteroatoms. The number of carbonyl (C=O) groups excluding carboxylic acids is 1. The topological polar surface area (TPSA) is 95.6 Å². The number of benzene rings is 2. The molecule has 2 rings (SSSR count). The first-order valence-corrected chi connectivity index (χ1v) is 5.71. The van der Waals surface area contributed by atoms with Gasteiger partial charge in [0.05, 0.1) is 0 Å². The Balaban J connectivity index is 2.07. The normalized spacial score (nSPS) is 10.1. The Labute approximate surface area is 110 Å². The maximum atomic E-state index is 11.9. The highest BCUT2D eigenvalue weighted by Crippen LogP contribution is 2.25. The fraction of sp³-hybridized carbons (Fsp3) is 0.0714. The van der Waals surface area contributed by atoms with Gasteiger partial charge in [-0.25, -0.2) is 0 Å². The Hall–Kier alpha value is -2.69. The van der Waals surface area contributed by atoms with Crippen molar-refractivity contribution in [2.75, 3.05) is 5.73 Å². The van der Waals surface area contributed by atoms with Gasteiger partial charge in [-0.15, -0.1) is 0 Å². The first-order chi connectivity index (χ1) is 9.08. The van der Waals surface area contributed by atoms with Gasteiger partial charge in [0, 0.05) is 12.2 Å². The number of phenols is 2. The van der Waals surface area contributed by atoms with Gasteiger partial charge in [0.1, 0.15) is 17.1 Å². The molecule has 0 aliphatic rings. The van der Waals surface area contributed by atoms with Crippen molar-refractivity contribution in [1.29, 1.82) is 0 Å². The lowest BCUT2D eigenvalue weighted by Gasteiger charge is -2.08. The summed E-state index contributed by atoms with van der Waals surface area (Å²) >= 11 is 0. The lowest BCUT2D eigenvalue weighted by atomic mass is 10.1. The zero-order valence-corrected chi connectivity index (χ0v) is 10.1. The van der Waals surface area contributed by atoms with Crippen LogP contribution in [-0.4, -0.2) is 16.1 Å². The molecule has 5 nitrogen and oxygen atoms in total. The quantitative estimate of drug-likeness (QED) is 0.629. The van der Waals surface area contributed by atoms with Crippen LogP contribution in [0.4, 0.5) is 5.69 Å². The lowest BCUT2D eigenvalue weighted by Crippen LogP contribution is -2.23. The van der Waals surface area contributed by atoms with Crippen molar-refractivity contribution < 1.29 is 15.0 Å². The Bertz CT molecular complexity index is 574. The molecule has 0 aliphatic carbocycles. The lowest BCUT2D eigenvalue weighted by molar-refractivity contribution is 0.0945. The minimum atomic E-state index is -0.535. The molecule has 0 heterocycles. The number of aromatic hydroxyl groups is 2. The predicted octanol–water partition coefficient (Wildman–Crippen LogP) is 1.61. The standard InChI is InChI=1S/C14H14N2O3/c15-10-6-4-9(5-7-10)8-16-14(19)13-11(17)2-1-3-12(13)18/h1-7,17-18H,8,15H2,(H,16,19). The summed E-state index contributed by atoms with van der Waals surface area (Å²) in [6, 6.07) is 11.2. The minimum absolute atomic E-state index is 0.127. The summed E-state index contributed by atoms with van der Waals surface area (Å²) in [5, 5.41) is 21.7. The maximum absolute atomic E-state index is 11.9. The van der Waals surface area contributed by atoms with E-state index in [0.29, 0.717) is 5.69 Å². The van der Waals surface area contributed by atoms with E-state index >= 15 is 0 Å². The summed E-state index contributed by atoms with van der Waals surface area (Å²) < 4.78 is 0. The minimum Gasteiger partial charge on any atom is -0.507 e. The molecule has 98 valence electrons. The van der Waals surface area contributed by atoms with Gasteiger partial charge in [0.15, 0.2) is 0 Å². The van der Waals surface area contributed by atoms with Crippen molar-refractivity contribution in [2.24, 2.45) is 0 Å². The Kier molecular flexibility index (Phi) is 3.56. The maximum Gasteiger partial charge on any atom is 0.259 e. The summed E-state index contributed by atoms with van der Waals surface area (Å²) in [5.41, 5.74) is 6.95. The average molecular weight is 258 g/mol. The first-order valence-electron chi connectivity index (χ1n) is 5.71. The summed E-state index contributed by atoms with van der Waals surface area (Å²) in [4.78, 5) is 11.9. The number of phenolic OH excluding ortho intramolecular Hbond substituents is 2. The van der Waals surface area contributed by atoms with Crippen LogP contribution < -0.4 is 11.1 Å². The molecule has 0 fully saturated rings. The molecule has 0 aromatic heterocycles. The summed E-state index contributed by atoms with van der Waals surface area (Å²) in [7, 11) is 0. The van der Waals surface area contributed by atoms with Crippen LogP contribution in [0.2, 0.25) is 0 Å². The van der Waals surface area contributed by atoms with Gasteiger partial charge in [-0.05, 0) is 29.8 Å². The van der Waals surface area contributed by atoms with E-state index in [-0.39, 0.29) is 23.6 Å². The zero-order chi connectivity index (χ0) is 13.8. The average Bonchev–Trinajstić information content (AvgIpc) is 2.38. The smallest absolute Gasteiger partial charge is 0.259 e. The molecule has 0 aliphatic heterocycles. The van der Waals surface area contributed by atoms with Crippen molar-refractivity contribution >= 4 is 11.6 Å². The fourth-order valence-electron chi connectivity index (χ4n) is 1.67. The van der Waals surface area contributed by atoms with E-state index in [0.717, 1.165) is 5.56 Å². The highest BCUT2D eigenvalue weighted by atomic mass is 16.3. The molecule has 0 radical (unpaired) electrons. The van der Waals surface area contributed by atoms with Gasteiger partial charge in [0.25, 0.3) is 5.91 Å². The van der Waals surface area contributed by atoms with Crippen LogP contribution in [-0.2, 0) is 6.54 Å². The van der Waals surface area contributed by atoms with Crippen LogP contribution in [0.5, 0.6) is 11.5 Å². The molecule has 0 atom stereocenters. The molecule has 0 saturated heterocycles. The highest BCUT2D eigenvalue weighted by molar-refractivity contribution is 5.99. The predicted molar refractivity (Wildman–Crippen MR) is 71.8 cm³/mol. The van der Waals surface area contributed by atoms with Crippen molar-refractivity contribution in [2.45, 2.75) is 6.54 Å². The highest BCUT2D eigenvalue weighted by Gasteiger charge is 2.15. The van der Waals surface area contributed by atoms with Gasteiger partial charge >= 0.3 is 0 Å². The monoisotopic (exact) mass is 258 g/mol. The number of nitrogen functional groups attached to an aromatic ring is 1. The summed E-state index contributed by atoms with van der Waals surface area (Å²) in [6.45, 7) is 0.285. The van der Waals surface area contributed by atoms with Crippen LogP contribution in [0.25, 0.3) is 0 Å². The van der Waals surface area contributed by atoms with Gasteiger partial charge in [0.2, 0.25) is 0 Å². The second-order valence-electron chi connectivity index (χ2n) is 4.10. The van der Waals surface area contributed by atoms with E-state index in [1.807, 2.05) is 0 Å². The largest absolute Gasteiger partial charge is 0.507 e. The van der Waals surface area contributed by atoms with Gasteiger partial charge in [-0.1, -0.05) is 18.2 Å². The van der Waals surface area contributed by atoms with E-state index in [9.17, 15) is 15.0 Å². The first kappa shape index (κ1) is 12.8. The molecular weight excluding hydrogens is 244 g/mol. The zero-order valence-electron chi connectivity index (χ0n) is 10.1. The van der Waals surface area contributed by atoms with Crippen molar-refractivity contribution in [3.05, 3.63) is 53.6 Å². The molecule has 2 aromatic rings. The van der Waals surface area contributed by atoms with E-state index in [1.165, 1.54) is 18.2 Å². The van der Waals surface area contributed by atoms with Gasteiger partial charge < -0.3 is 21.3 Å². The second kappa shape index (κ2) is 5.30. The Morgan fingerprint density at radius 3 is 2.21 bits per heavy atom. The van der Waals surface area contributed by atoms with Crippen molar-refractivity contribution in [3.8, 4) is 11.5 Å². The molecular formula is C14H14N2O3. The van der Waals surface area contributed by atoms with Crippen LogP contribution in [0.3, 0.4) is 0 Å². The molecule has 2 aromatic carbocycles. The molecule has 1 amide bonds. The third-order valence-corrected chi connectivity index (χ3v) is 2.68. The molecule has 0 unspecified atom stereocenters. The van der Waals surface area contributed by atoms with E-state index in [2.05, 4.69) is 5.32 Å². The van der Waals surface area contributed by atoms with Crippen molar-refractivity contribution in [3.63, 3.8) is 0 Å². The molecule has 0 spiro atoms. The number of hydrogen-bond acceptors (Lipinski definition) is 4. The molecule has 0 saturated carbocycles. The fourth-order valence-corrected chi connectivity index (χ4v) is 1.67. The number of nitrogens with two attached hydrogens (primary N) is 1. The molecule has 19 heavy (non-hydrogen) atoms. The number of amides is 1. The molecule has 0 bridgehead atoms. The molecule has 5 N–H and O–H groups in total. The van der Waals surface area contributed by atoms with Crippen LogP contribution in [0, 0.1) is 0 Å². The Morgan fingerprint density at radius 2 is 1.63 bits per heavy atom.